The molecular formula is C12H21IN4. The summed E-state index contributed by atoms with van der Waals surface area (Å²) < 4.78 is 1.12. The van der Waals surface area contributed by atoms with Crippen molar-refractivity contribution in [3.05, 3.63) is 16.1 Å². The molecule has 0 atom stereocenters. The minimum absolute atomic E-state index is 0.628. The molecule has 4 nitrogen and oxygen atoms in total. The van der Waals surface area contributed by atoms with Crippen molar-refractivity contribution >= 4 is 28.4 Å². The average molecular weight is 348 g/mol. The lowest BCUT2D eigenvalue weighted by Gasteiger charge is -2.27. The van der Waals surface area contributed by atoms with Crippen molar-refractivity contribution < 1.29 is 0 Å². The van der Waals surface area contributed by atoms with Gasteiger partial charge in [-0.15, -0.1) is 0 Å². The molecule has 0 fully saturated rings. The molecule has 1 aromatic rings. The van der Waals surface area contributed by atoms with Crippen LogP contribution in [-0.2, 0) is 0 Å². The van der Waals surface area contributed by atoms with E-state index in [1.54, 1.807) is 6.33 Å². The van der Waals surface area contributed by atoms with Crippen LogP contribution >= 0.6 is 22.6 Å². The molecule has 0 aromatic carbocycles. The maximum Gasteiger partial charge on any atom is 0.145 e. The molecular weight excluding hydrogens is 327 g/mol. The summed E-state index contributed by atoms with van der Waals surface area (Å²) in [4.78, 5) is 13.0. The van der Waals surface area contributed by atoms with Gasteiger partial charge in [-0.2, -0.15) is 0 Å². The molecule has 5 heteroatoms. The van der Waals surface area contributed by atoms with Crippen LogP contribution in [0.25, 0.3) is 0 Å². The highest BCUT2D eigenvalue weighted by Crippen LogP contribution is 2.19. The van der Waals surface area contributed by atoms with Gasteiger partial charge in [-0.05, 0) is 42.6 Å². The number of aromatic nitrogens is 2. The van der Waals surface area contributed by atoms with Crippen molar-refractivity contribution in [1.29, 1.82) is 0 Å². The first-order chi connectivity index (χ1) is 8.00. The van der Waals surface area contributed by atoms with Gasteiger partial charge in [0.25, 0.3) is 0 Å². The zero-order valence-electron chi connectivity index (χ0n) is 11.0. The average Bonchev–Trinajstić information content (AvgIpc) is 2.24. The molecule has 0 saturated heterocycles. The summed E-state index contributed by atoms with van der Waals surface area (Å²) >= 11 is 2.30. The summed E-state index contributed by atoms with van der Waals surface area (Å²) in [6, 6.07) is 0. The summed E-state index contributed by atoms with van der Waals surface area (Å²) in [5.41, 5.74) is 0. The largest absolute Gasteiger partial charge is 0.354 e. The Hall–Kier alpha value is -0.430. The smallest absolute Gasteiger partial charge is 0.145 e. The van der Waals surface area contributed by atoms with E-state index in [9.17, 15) is 0 Å². The maximum atomic E-state index is 4.40. The third-order valence-electron chi connectivity index (χ3n) is 2.35. The lowest BCUT2D eigenvalue weighted by molar-refractivity contribution is 0.408. The van der Waals surface area contributed by atoms with E-state index in [4.69, 9.17) is 0 Å². The van der Waals surface area contributed by atoms with E-state index in [1.165, 1.54) is 0 Å². The summed E-state index contributed by atoms with van der Waals surface area (Å²) in [6.07, 6.45) is 3.49. The highest BCUT2D eigenvalue weighted by Gasteiger charge is 2.13. The van der Waals surface area contributed by atoms with Crippen LogP contribution in [0.4, 0.5) is 5.82 Å². The molecule has 0 N–H and O–H groups in total. The van der Waals surface area contributed by atoms with E-state index >= 15 is 0 Å². The van der Waals surface area contributed by atoms with Gasteiger partial charge >= 0.3 is 0 Å². The van der Waals surface area contributed by atoms with Crippen molar-refractivity contribution in [2.45, 2.75) is 13.8 Å². The summed E-state index contributed by atoms with van der Waals surface area (Å²) in [5.74, 6) is 1.68. The molecule has 0 amide bonds. The first kappa shape index (κ1) is 14.6. The zero-order chi connectivity index (χ0) is 12.8. The van der Waals surface area contributed by atoms with E-state index < -0.39 is 0 Å². The van der Waals surface area contributed by atoms with Crippen LogP contribution in [0.1, 0.15) is 13.8 Å². The lowest BCUT2D eigenvalue weighted by Crippen LogP contribution is -2.35. The van der Waals surface area contributed by atoms with Gasteiger partial charge in [-0.3, -0.25) is 0 Å². The van der Waals surface area contributed by atoms with E-state index in [2.05, 4.69) is 70.3 Å². The molecule has 0 saturated carbocycles. The Morgan fingerprint density at radius 3 is 2.53 bits per heavy atom. The molecule has 1 heterocycles. The van der Waals surface area contributed by atoms with Gasteiger partial charge in [0.2, 0.25) is 0 Å². The number of halogens is 1. The molecule has 0 radical (unpaired) electrons. The number of rotatable bonds is 6. The van der Waals surface area contributed by atoms with Crippen LogP contribution in [0, 0.1) is 9.49 Å². The number of anilines is 1. The lowest BCUT2D eigenvalue weighted by atomic mass is 10.2. The highest BCUT2D eigenvalue weighted by atomic mass is 127. The Labute approximate surface area is 118 Å². The Morgan fingerprint density at radius 2 is 2.00 bits per heavy atom. The normalized spacial score (nSPS) is 11.2. The summed E-state index contributed by atoms with van der Waals surface area (Å²) in [6.45, 7) is 7.53. The van der Waals surface area contributed by atoms with Crippen molar-refractivity contribution in [2.24, 2.45) is 5.92 Å². The molecule has 1 aromatic heterocycles. The van der Waals surface area contributed by atoms with E-state index in [0.717, 1.165) is 29.0 Å². The fourth-order valence-corrected chi connectivity index (χ4v) is 2.23. The Balaban J connectivity index is 2.78. The predicted molar refractivity (Wildman–Crippen MR) is 80.4 cm³/mol. The van der Waals surface area contributed by atoms with Gasteiger partial charge in [0.15, 0.2) is 0 Å². The topological polar surface area (TPSA) is 32.3 Å². The number of hydrogen-bond donors (Lipinski definition) is 0. The van der Waals surface area contributed by atoms with Crippen LogP contribution < -0.4 is 4.90 Å². The van der Waals surface area contributed by atoms with Crippen LogP contribution in [-0.4, -0.2) is 48.6 Å². The Bertz CT molecular complexity index is 341. The van der Waals surface area contributed by atoms with Gasteiger partial charge in [-0.25, -0.2) is 9.97 Å². The third kappa shape index (κ3) is 5.16. The summed E-state index contributed by atoms with van der Waals surface area (Å²) in [7, 11) is 4.19. The van der Waals surface area contributed by atoms with Gasteiger partial charge < -0.3 is 9.80 Å². The molecule has 0 unspecified atom stereocenters. The third-order valence-corrected chi connectivity index (χ3v) is 3.11. The second-order valence-corrected chi connectivity index (χ2v) is 6.00. The SMILES string of the molecule is CC(C)CN(CCN(C)C)c1ncncc1I. The second kappa shape index (κ2) is 7.10. The second-order valence-electron chi connectivity index (χ2n) is 4.84. The molecule has 0 bridgehead atoms. The van der Waals surface area contributed by atoms with E-state index in [0.29, 0.717) is 5.92 Å². The van der Waals surface area contributed by atoms with Gasteiger partial charge in [0.05, 0.1) is 3.57 Å². The molecule has 0 spiro atoms. The van der Waals surface area contributed by atoms with Gasteiger partial charge in [-0.1, -0.05) is 13.8 Å². The maximum absolute atomic E-state index is 4.40. The molecule has 0 aliphatic rings. The van der Waals surface area contributed by atoms with Crippen LogP contribution in [0.2, 0.25) is 0 Å². The molecule has 96 valence electrons. The number of likely N-dealkylation sites (N-methyl/N-ethyl adjacent to an activating group) is 1. The van der Waals surface area contributed by atoms with Crippen molar-refractivity contribution in [2.75, 3.05) is 38.6 Å². The van der Waals surface area contributed by atoms with Crippen LogP contribution in [0.3, 0.4) is 0 Å². The first-order valence-corrected chi connectivity index (χ1v) is 6.93. The van der Waals surface area contributed by atoms with Crippen molar-refractivity contribution in [1.82, 2.24) is 14.9 Å². The van der Waals surface area contributed by atoms with Gasteiger partial charge in [0, 0.05) is 25.8 Å². The van der Waals surface area contributed by atoms with E-state index in [-0.39, 0.29) is 0 Å². The van der Waals surface area contributed by atoms with E-state index in [1.807, 2.05) is 6.20 Å². The molecule has 0 aliphatic carbocycles. The predicted octanol–water partition coefficient (Wildman–Crippen LogP) is 2.11. The quantitative estimate of drug-likeness (QED) is 0.737. The summed E-state index contributed by atoms with van der Waals surface area (Å²) in [5, 5.41) is 0. The number of hydrogen-bond acceptors (Lipinski definition) is 4. The fourth-order valence-electron chi connectivity index (χ4n) is 1.58. The van der Waals surface area contributed by atoms with Crippen LogP contribution in [0.15, 0.2) is 12.5 Å². The monoisotopic (exact) mass is 348 g/mol. The van der Waals surface area contributed by atoms with Crippen molar-refractivity contribution in [3.63, 3.8) is 0 Å². The highest BCUT2D eigenvalue weighted by molar-refractivity contribution is 14.1. The molecule has 17 heavy (non-hydrogen) atoms. The minimum Gasteiger partial charge on any atom is -0.354 e. The first-order valence-electron chi connectivity index (χ1n) is 5.86. The number of nitrogens with zero attached hydrogens (tertiary/aromatic N) is 4. The fraction of sp³-hybridized carbons (Fsp3) is 0.667. The zero-order valence-corrected chi connectivity index (χ0v) is 13.2. The molecule has 0 aliphatic heterocycles. The van der Waals surface area contributed by atoms with Crippen molar-refractivity contribution in [3.8, 4) is 0 Å². The standard InChI is InChI=1S/C12H21IN4/c1-10(2)8-17(6-5-16(3)4)12-11(13)7-14-9-15-12/h7,9-10H,5-6,8H2,1-4H3. The van der Waals surface area contributed by atoms with Gasteiger partial charge in [0.1, 0.15) is 12.1 Å². The molecule has 1 rings (SSSR count). The van der Waals surface area contributed by atoms with Crippen LogP contribution in [0.5, 0.6) is 0 Å². The Morgan fingerprint density at radius 1 is 1.29 bits per heavy atom. The Kier molecular flexibility index (Phi) is 6.11. The minimum atomic E-state index is 0.628.